The van der Waals surface area contributed by atoms with Crippen molar-refractivity contribution in [2.24, 2.45) is 0 Å². The third kappa shape index (κ3) is 1.68. The standard InChI is InChI=1S/C8H12N2O3/c1-2-3-4-8(5-11)6(12)9-7(13)10-8/h5H,2-4H2,1H3,(H2,9,10,12,13)/t8-/m1/s1. The van der Waals surface area contributed by atoms with Crippen molar-refractivity contribution in [3.05, 3.63) is 0 Å². The fourth-order valence-corrected chi connectivity index (χ4v) is 1.28. The molecule has 0 unspecified atom stereocenters. The number of carbonyl (C=O) groups excluding carboxylic acids is 3. The summed E-state index contributed by atoms with van der Waals surface area (Å²) >= 11 is 0. The van der Waals surface area contributed by atoms with E-state index in [-0.39, 0.29) is 0 Å². The average molecular weight is 184 g/mol. The second kappa shape index (κ2) is 3.55. The van der Waals surface area contributed by atoms with E-state index in [2.05, 4.69) is 5.32 Å². The normalized spacial score (nSPS) is 26.8. The Hall–Kier alpha value is -1.39. The van der Waals surface area contributed by atoms with Crippen molar-refractivity contribution in [1.82, 2.24) is 10.6 Å². The number of aldehydes is 1. The second-order valence-electron chi connectivity index (χ2n) is 3.10. The molecule has 3 amide bonds. The predicted octanol–water partition coefficient (Wildman–Crippen LogP) is -0.0463. The topological polar surface area (TPSA) is 75.3 Å². The number of amides is 3. The molecular weight excluding hydrogens is 172 g/mol. The third-order valence-corrected chi connectivity index (χ3v) is 2.09. The molecule has 0 spiro atoms. The molecule has 2 N–H and O–H groups in total. The molecule has 0 radical (unpaired) electrons. The highest BCUT2D eigenvalue weighted by molar-refractivity contribution is 6.15. The van der Waals surface area contributed by atoms with Crippen molar-refractivity contribution in [3.8, 4) is 0 Å². The van der Waals surface area contributed by atoms with Crippen LogP contribution < -0.4 is 10.6 Å². The molecule has 0 aromatic carbocycles. The van der Waals surface area contributed by atoms with Gasteiger partial charge in [-0.2, -0.15) is 0 Å². The van der Waals surface area contributed by atoms with E-state index >= 15 is 0 Å². The number of imide groups is 1. The number of unbranched alkanes of at least 4 members (excludes halogenated alkanes) is 1. The summed E-state index contributed by atoms with van der Waals surface area (Å²) in [5.41, 5.74) is -1.31. The smallest absolute Gasteiger partial charge is 0.317 e. The molecule has 0 bridgehead atoms. The highest BCUT2D eigenvalue weighted by atomic mass is 16.2. The monoisotopic (exact) mass is 184 g/mol. The maximum Gasteiger partial charge on any atom is 0.322 e. The zero-order chi connectivity index (χ0) is 9.90. The first-order valence-electron chi connectivity index (χ1n) is 4.24. The Balaban J connectivity index is 2.74. The van der Waals surface area contributed by atoms with Crippen LogP contribution in [0.15, 0.2) is 0 Å². The summed E-state index contributed by atoms with van der Waals surface area (Å²) in [5.74, 6) is -0.541. The minimum Gasteiger partial charge on any atom is -0.317 e. The van der Waals surface area contributed by atoms with Gasteiger partial charge in [-0.1, -0.05) is 19.8 Å². The van der Waals surface area contributed by atoms with Gasteiger partial charge in [0.25, 0.3) is 5.91 Å². The Bertz CT molecular complexity index is 252. The zero-order valence-corrected chi connectivity index (χ0v) is 7.42. The van der Waals surface area contributed by atoms with E-state index < -0.39 is 17.5 Å². The lowest BCUT2D eigenvalue weighted by Crippen LogP contribution is -2.48. The fraction of sp³-hybridized carbons (Fsp3) is 0.625. The van der Waals surface area contributed by atoms with Gasteiger partial charge in [-0.05, 0) is 6.42 Å². The molecule has 1 aliphatic rings. The van der Waals surface area contributed by atoms with Crippen LogP contribution in [0.3, 0.4) is 0 Å². The molecule has 13 heavy (non-hydrogen) atoms. The summed E-state index contributed by atoms with van der Waals surface area (Å²) in [4.78, 5) is 32.7. The van der Waals surface area contributed by atoms with Crippen LogP contribution in [0.2, 0.25) is 0 Å². The van der Waals surface area contributed by atoms with E-state index in [1.165, 1.54) is 0 Å². The van der Waals surface area contributed by atoms with E-state index in [9.17, 15) is 14.4 Å². The maximum absolute atomic E-state index is 11.2. The molecule has 0 aromatic rings. The molecule has 0 aromatic heterocycles. The van der Waals surface area contributed by atoms with Gasteiger partial charge in [-0.3, -0.25) is 10.1 Å². The van der Waals surface area contributed by atoms with E-state index in [0.29, 0.717) is 12.7 Å². The van der Waals surface area contributed by atoms with Crippen molar-refractivity contribution in [2.45, 2.75) is 31.7 Å². The van der Waals surface area contributed by atoms with Crippen LogP contribution in [0.5, 0.6) is 0 Å². The molecule has 1 saturated heterocycles. The number of urea groups is 1. The summed E-state index contributed by atoms with van der Waals surface area (Å²) in [6, 6.07) is -0.590. The van der Waals surface area contributed by atoms with Crippen molar-refractivity contribution in [2.75, 3.05) is 0 Å². The van der Waals surface area contributed by atoms with Gasteiger partial charge in [0.15, 0.2) is 11.8 Å². The van der Waals surface area contributed by atoms with Gasteiger partial charge in [-0.15, -0.1) is 0 Å². The molecule has 0 saturated carbocycles. The lowest BCUT2D eigenvalue weighted by Gasteiger charge is -2.17. The van der Waals surface area contributed by atoms with Crippen LogP contribution in [-0.2, 0) is 9.59 Å². The molecular formula is C8H12N2O3. The van der Waals surface area contributed by atoms with Gasteiger partial charge in [0, 0.05) is 0 Å². The maximum atomic E-state index is 11.2. The minimum atomic E-state index is -1.31. The molecule has 1 aliphatic heterocycles. The SMILES string of the molecule is CCCC[C@]1(C=O)NC(=O)NC1=O. The zero-order valence-electron chi connectivity index (χ0n) is 7.42. The van der Waals surface area contributed by atoms with Crippen LogP contribution in [0.25, 0.3) is 0 Å². The Labute approximate surface area is 75.9 Å². The fourth-order valence-electron chi connectivity index (χ4n) is 1.28. The van der Waals surface area contributed by atoms with E-state index in [0.717, 1.165) is 12.8 Å². The third-order valence-electron chi connectivity index (χ3n) is 2.09. The van der Waals surface area contributed by atoms with Crippen molar-refractivity contribution < 1.29 is 14.4 Å². The van der Waals surface area contributed by atoms with Crippen LogP contribution in [0, 0.1) is 0 Å². The Morgan fingerprint density at radius 1 is 1.46 bits per heavy atom. The molecule has 1 rings (SSSR count). The first-order chi connectivity index (χ1) is 6.14. The first kappa shape index (κ1) is 9.70. The number of hydrogen-bond acceptors (Lipinski definition) is 3. The van der Waals surface area contributed by atoms with Gasteiger partial charge in [0.2, 0.25) is 0 Å². The number of rotatable bonds is 4. The lowest BCUT2D eigenvalue weighted by molar-refractivity contribution is -0.129. The molecule has 0 aliphatic carbocycles. The van der Waals surface area contributed by atoms with Crippen molar-refractivity contribution >= 4 is 18.2 Å². The molecule has 1 heterocycles. The van der Waals surface area contributed by atoms with E-state index in [4.69, 9.17) is 0 Å². The van der Waals surface area contributed by atoms with Crippen LogP contribution in [0.4, 0.5) is 4.79 Å². The van der Waals surface area contributed by atoms with Crippen LogP contribution in [0.1, 0.15) is 26.2 Å². The second-order valence-corrected chi connectivity index (χ2v) is 3.10. The lowest BCUT2D eigenvalue weighted by atomic mass is 9.95. The summed E-state index contributed by atoms with van der Waals surface area (Å²) in [5, 5.41) is 4.38. The highest BCUT2D eigenvalue weighted by Crippen LogP contribution is 2.15. The summed E-state index contributed by atoms with van der Waals surface area (Å²) in [7, 11) is 0. The molecule has 5 heteroatoms. The van der Waals surface area contributed by atoms with Crippen LogP contribution in [-0.4, -0.2) is 23.8 Å². The Morgan fingerprint density at radius 2 is 2.15 bits per heavy atom. The predicted molar refractivity (Wildman–Crippen MR) is 45.0 cm³/mol. The van der Waals surface area contributed by atoms with Crippen molar-refractivity contribution in [3.63, 3.8) is 0 Å². The van der Waals surface area contributed by atoms with Crippen molar-refractivity contribution in [1.29, 1.82) is 0 Å². The van der Waals surface area contributed by atoms with Gasteiger partial charge in [0.05, 0.1) is 0 Å². The molecule has 72 valence electrons. The largest absolute Gasteiger partial charge is 0.322 e. The summed E-state index contributed by atoms with van der Waals surface area (Å²) in [6.07, 6.45) is 2.47. The Kier molecular flexibility index (Phi) is 2.65. The molecule has 1 atom stereocenters. The summed E-state index contributed by atoms with van der Waals surface area (Å²) < 4.78 is 0. The average Bonchev–Trinajstić information content (AvgIpc) is 2.38. The number of nitrogens with one attached hydrogen (secondary N) is 2. The Morgan fingerprint density at radius 3 is 2.54 bits per heavy atom. The molecule has 1 fully saturated rings. The number of carbonyl (C=O) groups is 3. The highest BCUT2D eigenvalue weighted by Gasteiger charge is 2.45. The number of hydrogen-bond donors (Lipinski definition) is 2. The quantitative estimate of drug-likeness (QED) is 0.365. The van der Waals surface area contributed by atoms with Crippen LogP contribution >= 0.6 is 0 Å². The van der Waals surface area contributed by atoms with Gasteiger partial charge in [0.1, 0.15) is 0 Å². The summed E-state index contributed by atoms with van der Waals surface area (Å²) in [6.45, 7) is 1.95. The van der Waals surface area contributed by atoms with E-state index in [1.807, 2.05) is 12.2 Å². The van der Waals surface area contributed by atoms with Gasteiger partial charge in [-0.25, -0.2) is 4.79 Å². The van der Waals surface area contributed by atoms with Gasteiger partial charge < -0.3 is 10.1 Å². The first-order valence-corrected chi connectivity index (χ1v) is 4.24. The van der Waals surface area contributed by atoms with E-state index in [1.54, 1.807) is 0 Å². The molecule has 5 nitrogen and oxygen atoms in total. The minimum absolute atomic E-state index is 0.366. The van der Waals surface area contributed by atoms with Gasteiger partial charge >= 0.3 is 6.03 Å².